The van der Waals surface area contributed by atoms with E-state index in [4.69, 9.17) is 9.47 Å². The topological polar surface area (TPSA) is 112 Å². The third-order valence-corrected chi connectivity index (χ3v) is 4.13. The van der Waals surface area contributed by atoms with Crippen molar-refractivity contribution < 1.29 is 19.1 Å². The minimum atomic E-state index is -0.388. The molecule has 0 aliphatic rings. The summed E-state index contributed by atoms with van der Waals surface area (Å²) in [6.45, 7) is 1.21. The van der Waals surface area contributed by atoms with E-state index in [1.165, 1.54) is 32.0 Å². The van der Waals surface area contributed by atoms with Gasteiger partial charge in [-0.15, -0.1) is 0 Å². The van der Waals surface area contributed by atoms with Gasteiger partial charge in [-0.2, -0.15) is 0 Å². The molecule has 3 rings (SSSR count). The van der Waals surface area contributed by atoms with E-state index in [-0.39, 0.29) is 23.9 Å². The number of methoxy groups -OCH3 is 2. The van der Waals surface area contributed by atoms with Gasteiger partial charge >= 0.3 is 0 Å². The summed E-state index contributed by atoms with van der Waals surface area (Å²) in [6.07, 6.45) is 1.32. The Balaban J connectivity index is 1.78. The first kappa shape index (κ1) is 19.9. The first-order valence-electron chi connectivity index (χ1n) is 8.70. The van der Waals surface area contributed by atoms with E-state index in [2.05, 4.69) is 15.6 Å². The lowest BCUT2D eigenvalue weighted by molar-refractivity contribution is -0.117. The van der Waals surface area contributed by atoms with Crippen LogP contribution in [0.5, 0.6) is 11.5 Å². The number of nitrogens with zero attached hydrogens (tertiary/aromatic N) is 2. The number of benzene rings is 2. The molecular formula is C20H20N4O5. The average molecular weight is 396 g/mol. The van der Waals surface area contributed by atoms with Crippen molar-refractivity contribution in [2.75, 3.05) is 24.9 Å². The molecule has 2 amide bonds. The van der Waals surface area contributed by atoms with Crippen LogP contribution in [0.15, 0.2) is 47.5 Å². The summed E-state index contributed by atoms with van der Waals surface area (Å²) < 4.78 is 11.7. The summed E-state index contributed by atoms with van der Waals surface area (Å²) in [5.41, 5.74) is 1.23. The number of hydrogen-bond donors (Lipinski definition) is 2. The third kappa shape index (κ3) is 4.52. The normalized spacial score (nSPS) is 10.4. The van der Waals surface area contributed by atoms with Gasteiger partial charge in [0.25, 0.3) is 5.56 Å². The summed E-state index contributed by atoms with van der Waals surface area (Å²) >= 11 is 0. The Labute approximate surface area is 166 Å². The van der Waals surface area contributed by atoms with Crippen molar-refractivity contribution in [3.05, 3.63) is 53.1 Å². The number of rotatable bonds is 6. The second kappa shape index (κ2) is 8.42. The Kier molecular flexibility index (Phi) is 5.77. The first-order valence-corrected chi connectivity index (χ1v) is 8.70. The molecule has 0 spiro atoms. The number of amides is 2. The zero-order valence-corrected chi connectivity index (χ0v) is 16.2. The van der Waals surface area contributed by atoms with Crippen LogP contribution in [0.4, 0.5) is 11.4 Å². The molecule has 3 aromatic rings. The third-order valence-electron chi connectivity index (χ3n) is 4.13. The number of carbonyl (C=O) groups is 2. The van der Waals surface area contributed by atoms with Gasteiger partial charge in [-0.1, -0.05) is 0 Å². The fraction of sp³-hybridized carbons (Fsp3) is 0.200. The van der Waals surface area contributed by atoms with E-state index in [9.17, 15) is 14.4 Å². The second-order valence-corrected chi connectivity index (χ2v) is 6.21. The predicted octanol–water partition coefficient (Wildman–Crippen LogP) is 2.01. The maximum Gasteiger partial charge on any atom is 0.261 e. The molecule has 0 aliphatic heterocycles. The van der Waals surface area contributed by atoms with Gasteiger partial charge in [-0.05, 0) is 30.3 Å². The van der Waals surface area contributed by atoms with Crippen LogP contribution in [0.1, 0.15) is 6.92 Å². The molecule has 9 nitrogen and oxygen atoms in total. The smallest absolute Gasteiger partial charge is 0.261 e. The fourth-order valence-corrected chi connectivity index (χ4v) is 2.79. The summed E-state index contributed by atoms with van der Waals surface area (Å²) in [4.78, 5) is 40.4. The van der Waals surface area contributed by atoms with Crippen LogP contribution in [0.3, 0.4) is 0 Å². The molecule has 1 heterocycles. The number of nitrogens with one attached hydrogen (secondary N) is 2. The van der Waals surface area contributed by atoms with Crippen LogP contribution in [-0.4, -0.2) is 35.6 Å². The molecule has 2 N–H and O–H groups in total. The number of fused-ring (bicyclic) bond motifs is 1. The van der Waals surface area contributed by atoms with Crippen molar-refractivity contribution >= 4 is 34.1 Å². The predicted molar refractivity (Wildman–Crippen MR) is 108 cm³/mol. The molecule has 9 heteroatoms. The van der Waals surface area contributed by atoms with Crippen molar-refractivity contribution in [2.45, 2.75) is 13.5 Å². The SMILES string of the molecule is COc1cc2ncn(CC(=O)Nc3ccc(NC(C)=O)cc3)c(=O)c2cc1OC. The molecule has 0 radical (unpaired) electrons. The lowest BCUT2D eigenvalue weighted by Crippen LogP contribution is -2.28. The average Bonchev–Trinajstić information content (AvgIpc) is 2.70. The van der Waals surface area contributed by atoms with Crippen molar-refractivity contribution in [3.8, 4) is 11.5 Å². The first-order chi connectivity index (χ1) is 13.9. The van der Waals surface area contributed by atoms with Gasteiger partial charge in [-0.25, -0.2) is 4.98 Å². The summed E-state index contributed by atoms with van der Waals surface area (Å²) in [5.74, 6) is 0.297. The number of ether oxygens (including phenoxy) is 2. The van der Waals surface area contributed by atoms with E-state index in [0.29, 0.717) is 33.8 Å². The minimum Gasteiger partial charge on any atom is -0.493 e. The van der Waals surface area contributed by atoms with Gasteiger partial charge in [0.05, 0.1) is 31.4 Å². The molecule has 0 saturated carbocycles. The molecule has 0 unspecified atom stereocenters. The van der Waals surface area contributed by atoms with Crippen molar-refractivity contribution in [1.82, 2.24) is 9.55 Å². The van der Waals surface area contributed by atoms with Gasteiger partial charge in [-0.3, -0.25) is 19.0 Å². The van der Waals surface area contributed by atoms with E-state index >= 15 is 0 Å². The molecule has 0 aliphatic carbocycles. The lowest BCUT2D eigenvalue weighted by atomic mass is 10.2. The highest BCUT2D eigenvalue weighted by Crippen LogP contribution is 2.29. The molecular weight excluding hydrogens is 376 g/mol. The van der Waals surface area contributed by atoms with E-state index < -0.39 is 0 Å². The molecule has 0 bridgehead atoms. The van der Waals surface area contributed by atoms with Crippen molar-refractivity contribution in [2.24, 2.45) is 0 Å². The maximum absolute atomic E-state index is 12.7. The van der Waals surface area contributed by atoms with Gasteiger partial charge in [0.15, 0.2) is 11.5 Å². The Bertz CT molecular complexity index is 1120. The quantitative estimate of drug-likeness (QED) is 0.659. The molecule has 0 atom stereocenters. The number of hydrogen-bond acceptors (Lipinski definition) is 6. The molecule has 2 aromatic carbocycles. The van der Waals surface area contributed by atoms with Gasteiger partial charge in [0.1, 0.15) is 6.54 Å². The van der Waals surface area contributed by atoms with Crippen molar-refractivity contribution in [3.63, 3.8) is 0 Å². The molecule has 1 aromatic heterocycles. The zero-order valence-electron chi connectivity index (χ0n) is 16.2. The van der Waals surface area contributed by atoms with E-state index in [1.807, 2.05) is 0 Å². The monoisotopic (exact) mass is 396 g/mol. The van der Waals surface area contributed by atoms with Crippen LogP contribution >= 0.6 is 0 Å². The van der Waals surface area contributed by atoms with Crippen LogP contribution in [-0.2, 0) is 16.1 Å². The number of anilines is 2. The molecule has 150 valence electrons. The van der Waals surface area contributed by atoms with Gasteiger partial charge in [0, 0.05) is 24.4 Å². The molecule has 0 fully saturated rings. The summed E-state index contributed by atoms with van der Waals surface area (Å²) in [7, 11) is 2.97. The Morgan fingerprint density at radius 2 is 1.59 bits per heavy atom. The number of aromatic nitrogens is 2. The summed E-state index contributed by atoms with van der Waals surface area (Å²) in [6, 6.07) is 9.79. The standard InChI is InChI=1S/C20H20N4O5/c1-12(25)22-13-4-6-14(7-5-13)23-19(26)10-24-11-21-16-9-18(29-3)17(28-2)8-15(16)20(24)27/h4-9,11H,10H2,1-3H3,(H,22,25)(H,23,26). The fourth-order valence-electron chi connectivity index (χ4n) is 2.79. The van der Waals surface area contributed by atoms with Crippen LogP contribution < -0.4 is 25.7 Å². The molecule has 29 heavy (non-hydrogen) atoms. The lowest BCUT2D eigenvalue weighted by Gasteiger charge is -2.11. The number of carbonyl (C=O) groups excluding carboxylic acids is 2. The second-order valence-electron chi connectivity index (χ2n) is 6.21. The minimum absolute atomic E-state index is 0.181. The Morgan fingerprint density at radius 3 is 2.17 bits per heavy atom. The van der Waals surface area contributed by atoms with Gasteiger partial charge < -0.3 is 20.1 Å². The Hall–Kier alpha value is -3.88. The Morgan fingerprint density at radius 1 is 1.00 bits per heavy atom. The highest BCUT2D eigenvalue weighted by Gasteiger charge is 2.13. The largest absolute Gasteiger partial charge is 0.493 e. The van der Waals surface area contributed by atoms with Crippen LogP contribution in [0, 0.1) is 0 Å². The van der Waals surface area contributed by atoms with Crippen LogP contribution in [0.25, 0.3) is 10.9 Å². The van der Waals surface area contributed by atoms with Gasteiger partial charge in [0.2, 0.25) is 11.8 Å². The van der Waals surface area contributed by atoms with E-state index in [1.54, 1.807) is 36.4 Å². The maximum atomic E-state index is 12.7. The highest BCUT2D eigenvalue weighted by atomic mass is 16.5. The molecule has 0 saturated heterocycles. The zero-order chi connectivity index (χ0) is 21.0. The summed E-state index contributed by atoms with van der Waals surface area (Å²) in [5, 5.41) is 5.66. The van der Waals surface area contributed by atoms with Crippen LogP contribution in [0.2, 0.25) is 0 Å². The highest BCUT2D eigenvalue weighted by molar-refractivity contribution is 5.92. The van der Waals surface area contributed by atoms with E-state index in [0.717, 1.165) is 0 Å². The van der Waals surface area contributed by atoms with Crippen molar-refractivity contribution in [1.29, 1.82) is 0 Å².